The largest absolute Gasteiger partial charge is 0.396 e. The average Bonchev–Trinajstić information content (AvgIpc) is 2.74. The van der Waals surface area contributed by atoms with Gasteiger partial charge in [-0.2, -0.15) is 5.10 Å². The summed E-state index contributed by atoms with van der Waals surface area (Å²) >= 11 is 1.53. The van der Waals surface area contributed by atoms with E-state index in [-0.39, 0.29) is 0 Å². The van der Waals surface area contributed by atoms with Crippen molar-refractivity contribution in [1.29, 1.82) is 0 Å². The second-order valence-electron chi connectivity index (χ2n) is 3.16. The number of nitrogen functional groups attached to an aromatic ring is 1. The summed E-state index contributed by atoms with van der Waals surface area (Å²) in [5, 5.41) is 4.29. The van der Waals surface area contributed by atoms with Gasteiger partial charge in [-0.3, -0.25) is 4.68 Å². The number of aryl methyl sites for hydroxylation is 3. The zero-order valence-electron chi connectivity index (χ0n) is 7.97. The van der Waals surface area contributed by atoms with Gasteiger partial charge in [-0.15, -0.1) is 0 Å². The summed E-state index contributed by atoms with van der Waals surface area (Å²) in [5.41, 5.74) is 7.35. The van der Waals surface area contributed by atoms with Gasteiger partial charge in [0.15, 0.2) is 0 Å². The van der Waals surface area contributed by atoms with Crippen LogP contribution in [0.2, 0.25) is 0 Å². The molecule has 74 valence electrons. The Morgan fingerprint density at radius 3 is 3.00 bits per heavy atom. The molecule has 0 unspecified atom stereocenters. The van der Waals surface area contributed by atoms with Gasteiger partial charge in [0.25, 0.3) is 0 Å². The lowest BCUT2D eigenvalue weighted by Crippen LogP contribution is -2.00. The van der Waals surface area contributed by atoms with Crippen molar-refractivity contribution in [3.8, 4) is 0 Å². The van der Waals surface area contributed by atoms with Crippen LogP contribution in [0.25, 0.3) is 0 Å². The van der Waals surface area contributed by atoms with E-state index in [0.717, 1.165) is 24.3 Å². The monoisotopic (exact) mass is 208 g/mol. The highest BCUT2D eigenvalue weighted by Crippen LogP contribution is 2.09. The van der Waals surface area contributed by atoms with E-state index in [2.05, 4.69) is 9.47 Å². The standard InChI is InChI=1S/C9H12N4S/c1-7-9(10)6-13(12-7)5-3-8-2-4-11-14-8/h2,4,6H,3,5,10H2,1H3. The molecule has 2 N–H and O–H groups in total. The van der Waals surface area contributed by atoms with Crippen molar-refractivity contribution in [3.63, 3.8) is 0 Å². The fraction of sp³-hybridized carbons (Fsp3) is 0.333. The number of rotatable bonds is 3. The molecule has 0 aliphatic carbocycles. The van der Waals surface area contributed by atoms with Gasteiger partial charge in [0.05, 0.1) is 11.4 Å². The lowest BCUT2D eigenvalue weighted by Gasteiger charge is -1.97. The lowest BCUT2D eigenvalue weighted by molar-refractivity contribution is 0.613. The van der Waals surface area contributed by atoms with Crippen molar-refractivity contribution in [3.05, 3.63) is 29.0 Å². The Morgan fingerprint density at radius 1 is 1.57 bits per heavy atom. The quantitative estimate of drug-likeness (QED) is 0.831. The fourth-order valence-corrected chi connectivity index (χ4v) is 1.81. The molecule has 0 atom stereocenters. The number of anilines is 1. The molecule has 2 rings (SSSR count). The van der Waals surface area contributed by atoms with E-state index in [1.165, 1.54) is 16.4 Å². The zero-order chi connectivity index (χ0) is 9.97. The van der Waals surface area contributed by atoms with Gasteiger partial charge in [-0.1, -0.05) is 0 Å². The van der Waals surface area contributed by atoms with Crippen LogP contribution in [0.5, 0.6) is 0 Å². The highest BCUT2D eigenvalue weighted by molar-refractivity contribution is 7.05. The second-order valence-corrected chi connectivity index (χ2v) is 4.08. The van der Waals surface area contributed by atoms with Gasteiger partial charge < -0.3 is 5.73 Å². The third kappa shape index (κ3) is 1.93. The molecule has 0 bridgehead atoms. The van der Waals surface area contributed by atoms with Crippen LogP contribution < -0.4 is 5.73 Å². The molecule has 0 aliphatic rings. The Bertz CT molecular complexity index is 385. The smallest absolute Gasteiger partial charge is 0.0822 e. The second kappa shape index (κ2) is 3.79. The van der Waals surface area contributed by atoms with E-state index >= 15 is 0 Å². The minimum absolute atomic E-state index is 0.759. The molecular formula is C9H12N4S. The van der Waals surface area contributed by atoms with E-state index in [1.54, 1.807) is 0 Å². The van der Waals surface area contributed by atoms with E-state index in [0.29, 0.717) is 0 Å². The molecule has 5 heteroatoms. The molecule has 0 saturated heterocycles. The minimum Gasteiger partial charge on any atom is -0.396 e. The van der Waals surface area contributed by atoms with Crippen LogP contribution in [-0.4, -0.2) is 14.2 Å². The molecule has 0 spiro atoms. The van der Waals surface area contributed by atoms with Crippen LogP contribution in [-0.2, 0) is 13.0 Å². The Hall–Kier alpha value is -1.36. The van der Waals surface area contributed by atoms with Crippen molar-refractivity contribution in [1.82, 2.24) is 14.2 Å². The molecule has 4 nitrogen and oxygen atoms in total. The fourth-order valence-electron chi connectivity index (χ4n) is 1.24. The number of aromatic nitrogens is 3. The maximum absolute atomic E-state index is 5.70. The zero-order valence-corrected chi connectivity index (χ0v) is 8.79. The normalized spacial score (nSPS) is 10.6. The maximum atomic E-state index is 5.70. The maximum Gasteiger partial charge on any atom is 0.0822 e. The van der Waals surface area contributed by atoms with Crippen LogP contribution in [0.1, 0.15) is 10.6 Å². The van der Waals surface area contributed by atoms with Gasteiger partial charge in [-0.05, 0) is 24.5 Å². The van der Waals surface area contributed by atoms with Crippen LogP contribution in [0, 0.1) is 6.92 Å². The number of hydrogen-bond acceptors (Lipinski definition) is 4. The predicted molar refractivity (Wildman–Crippen MR) is 57.2 cm³/mol. The van der Waals surface area contributed by atoms with Crippen molar-refractivity contribution in [2.75, 3.05) is 5.73 Å². The topological polar surface area (TPSA) is 56.7 Å². The Balaban J connectivity index is 1.98. The highest BCUT2D eigenvalue weighted by atomic mass is 32.1. The summed E-state index contributed by atoms with van der Waals surface area (Å²) < 4.78 is 5.92. The number of hydrogen-bond donors (Lipinski definition) is 1. The van der Waals surface area contributed by atoms with Crippen molar-refractivity contribution >= 4 is 17.2 Å². The van der Waals surface area contributed by atoms with E-state index < -0.39 is 0 Å². The molecule has 0 fully saturated rings. The Kier molecular flexibility index (Phi) is 2.49. The summed E-state index contributed by atoms with van der Waals surface area (Å²) in [5.74, 6) is 0. The van der Waals surface area contributed by atoms with Crippen LogP contribution in [0.15, 0.2) is 18.5 Å². The Labute approximate surface area is 86.5 Å². The van der Waals surface area contributed by atoms with Gasteiger partial charge in [0, 0.05) is 30.2 Å². The van der Waals surface area contributed by atoms with Crippen LogP contribution in [0.4, 0.5) is 5.69 Å². The molecule has 0 aromatic carbocycles. The molecule has 0 amide bonds. The molecule has 0 aliphatic heterocycles. The van der Waals surface area contributed by atoms with Crippen molar-refractivity contribution in [2.45, 2.75) is 19.9 Å². The number of nitrogens with two attached hydrogens (primary N) is 1. The molecule has 2 aromatic heterocycles. The molecule has 2 aromatic rings. The third-order valence-electron chi connectivity index (χ3n) is 2.06. The first-order valence-corrected chi connectivity index (χ1v) is 5.22. The number of nitrogens with zero attached hydrogens (tertiary/aromatic N) is 3. The summed E-state index contributed by atoms with van der Waals surface area (Å²) in [6.45, 7) is 2.78. The Morgan fingerprint density at radius 2 is 2.43 bits per heavy atom. The van der Waals surface area contributed by atoms with Crippen molar-refractivity contribution < 1.29 is 0 Å². The predicted octanol–water partition coefficient (Wildman–Crippen LogP) is 1.47. The van der Waals surface area contributed by atoms with Crippen LogP contribution >= 0.6 is 11.5 Å². The molecule has 14 heavy (non-hydrogen) atoms. The first-order valence-electron chi connectivity index (χ1n) is 4.45. The molecule has 0 saturated carbocycles. The molecular weight excluding hydrogens is 196 g/mol. The van der Waals surface area contributed by atoms with E-state index in [1.807, 2.05) is 30.1 Å². The summed E-state index contributed by atoms with van der Waals surface area (Å²) in [6.07, 6.45) is 4.66. The average molecular weight is 208 g/mol. The molecule has 2 heterocycles. The van der Waals surface area contributed by atoms with Gasteiger partial charge in [0.1, 0.15) is 0 Å². The highest BCUT2D eigenvalue weighted by Gasteiger charge is 2.01. The van der Waals surface area contributed by atoms with Gasteiger partial charge >= 0.3 is 0 Å². The summed E-state index contributed by atoms with van der Waals surface area (Å²) in [6, 6.07) is 2.03. The summed E-state index contributed by atoms with van der Waals surface area (Å²) in [4.78, 5) is 1.27. The first-order chi connectivity index (χ1) is 6.75. The summed E-state index contributed by atoms with van der Waals surface area (Å²) in [7, 11) is 0. The van der Waals surface area contributed by atoms with Crippen molar-refractivity contribution in [2.24, 2.45) is 0 Å². The minimum atomic E-state index is 0.759. The van der Waals surface area contributed by atoms with Gasteiger partial charge in [0.2, 0.25) is 0 Å². The van der Waals surface area contributed by atoms with Crippen LogP contribution in [0.3, 0.4) is 0 Å². The van der Waals surface area contributed by atoms with E-state index in [4.69, 9.17) is 5.73 Å². The SMILES string of the molecule is Cc1nn(CCc2ccns2)cc1N. The molecule has 0 radical (unpaired) electrons. The third-order valence-corrected chi connectivity index (χ3v) is 2.86. The van der Waals surface area contributed by atoms with E-state index in [9.17, 15) is 0 Å². The first kappa shape index (κ1) is 9.21. The lowest BCUT2D eigenvalue weighted by atomic mass is 10.3. The van der Waals surface area contributed by atoms with Gasteiger partial charge in [-0.25, -0.2) is 4.37 Å².